The SMILES string of the molecule is C=C(C(F)CCC(C)(CC)CC)C(C)C(C)F. The lowest BCUT2D eigenvalue weighted by Crippen LogP contribution is -2.21. The molecule has 0 amide bonds. The summed E-state index contributed by atoms with van der Waals surface area (Å²) in [6.07, 6.45) is 1.32. The lowest BCUT2D eigenvalue weighted by Gasteiger charge is -2.28. The highest BCUT2D eigenvalue weighted by Gasteiger charge is 2.25. The molecule has 0 aromatic heterocycles. The standard InChI is InChI=1S/C15H28F2/c1-7-15(6,8-2)10-9-14(17)12(4)11(3)13(5)16/h11,13-14H,4,7-10H2,1-3,5-6H3. The number of allylic oxidation sites excluding steroid dienone is 1. The molecule has 0 radical (unpaired) electrons. The van der Waals surface area contributed by atoms with E-state index in [1.54, 1.807) is 6.92 Å². The fourth-order valence-electron chi connectivity index (χ4n) is 1.84. The highest BCUT2D eigenvalue weighted by atomic mass is 19.1. The van der Waals surface area contributed by atoms with Gasteiger partial charge in [0.2, 0.25) is 0 Å². The molecule has 0 spiro atoms. The third-order valence-electron chi connectivity index (χ3n) is 4.38. The van der Waals surface area contributed by atoms with Gasteiger partial charge in [0.05, 0.1) is 0 Å². The molecule has 2 heteroatoms. The predicted molar refractivity (Wildman–Crippen MR) is 71.7 cm³/mol. The van der Waals surface area contributed by atoms with Crippen molar-refractivity contribution in [3.8, 4) is 0 Å². The summed E-state index contributed by atoms with van der Waals surface area (Å²) in [5.41, 5.74) is 0.615. The summed E-state index contributed by atoms with van der Waals surface area (Å²) < 4.78 is 27.0. The Kier molecular flexibility index (Phi) is 6.96. The van der Waals surface area contributed by atoms with Gasteiger partial charge < -0.3 is 0 Å². The number of hydrogen-bond acceptors (Lipinski definition) is 0. The number of hydrogen-bond donors (Lipinski definition) is 0. The third-order valence-corrected chi connectivity index (χ3v) is 4.38. The molecule has 0 bridgehead atoms. The van der Waals surface area contributed by atoms with Gasteiger partial charge in [-0.15, -0.1) is 0 Å². The first-order valence-corrected chi connectivity index (χ1v) is 6.74. The van der Waals surface area contributed by atoms with Gasteiger partial charge in [0.25, 0.3) is 0 Å². The van der Waals surface area contributed by atoms with Crippen LogP contribution in [-0.2, 0) is 0 Å². The summed E-state index contributed by atoms with van der Waals surface area (Å²) in [6.45, 7) is 13.3. The molecule has 102 valence electrons. The zero-order valence-corrected chi connectivity index (χ0v) is 12.0. The minimum atomic E-state index is -1.07. The lowest BCUT2D eigenvalue weighted by molar-refractivity contribution is 0.211. The molecule has 0 aromatic carbocycles. The Balaban J connectivity index is 4.27. The fraction of sp³-hybridized carbons (Fsp3) is 0.867. The summed E-state index contributed by atoms with van der Waals surface area (Å²) in [5.74, 6) is -0.389. The Morgan fingerprint density at radius 2 is 1.65 bits per heavy atom. The molecule has 0 aliphatic carbocycles. The summed E-state index contributed by atoms with van der Waals surface area (Å²) in [6, 6.07) is 0. The molecule has 0 aliphatic heterocycles. The van der Waals surface area contributed by atoms with E-state index in [9.17, 15) is 8.78 Å². The van der Waals surface area contributed by atoms with Gasteiger partial charge in [-0.1, -0.05) is 47.1 Å². The van der Waals surface area contributed by atoms with Crippen molar-refractivity contribution in [1.82, 2.24) is 0 Å². The maximum Gasteiger partial charge on any atom is 0.121 e. The first kappa shape index (κ1) is 16.6. The first-order chi connectivity index (χ1) is 7.77. The van der Waals surface area contributed by atoms with Gasteiger partial charge in [-0.3, -0.25) is 0 Å². The molecule has 0 rings (SSSR count). The largest absolute Gasteiger partial charge is 0.247 e. The van der Waals surface area contributed by atoms with Gasteiger partial charge in [-0.2, -0.15) is 0 Å². The Labute approximate surface area is 105 Å². The van der Waals surface area contributed by atoms with Crippen molar-refractivity contribution >= 4 is 0 Å². The monoisotopic (exact) mass is 246 g/mol. The zero-order chi connectivity index (χ0) is 13.6. The van der Waals surface area contributed by atoms with Crippen molar-refractivity contribution in [2.24, 2.45) is 11.3 Å². The van der Waals surface area contributed by atoms with Crippen LogP contribution in [0.15, 0.2) is 12.2 Å². The summed E-state index contributed by atoms with van der Waals surface area (Å²) in [7, 11) is 0. The second kappa shape index (κ2) is 7.13. The Morgan fingerprint density at radius 1 is 1.18 bits per heavy atom. The van der Waals surface area contributed by atoms with E-state index in [0.29, 0.717) is 12.0 Å². The van der Waals surface area contributed by atoms with E-state index >= 15 is 0 Å². The minimum absolute atomic E-state index is 0.204. The van der Waals surface area contributed by atoms with Gasteiger partial charge >= 0.3 is 0 Å². The molecular formula is C15H28F2. The highest BCUT2D eigenvalue weighted by Crippen LogP contribution is 2.34. The second-order valence-electron chi connectivity index (χ2n) is 5.57. The fourth-order valence-corrected chi connectivity index (χ4v) is 1.84. The molecule has 0 nitrogen and oxygen atoms in total. The minimum Gasteiger partial charge on any atom is -0.247 e. The van der Waals surface area contributed by atoms with E-state index in [2.05, 4.69) is 27.4 Å². The average Bonchev–Trinajstić information content (AvgIpc) is 2.33. The van der Waals surface area contributed by atoms with E-state index in [4.69, 9.17) is 0 Å². The number of alkyl halides is 2. The molecule has 0 saturated carbocycles. The Hall–Kier alpha value is -0.400. The van der Waals surface area contributed by atoms with Crippen molar-refractivity contribution in [3.63, 3.8) is 0 Å². The van der Waals surface area contributed by atoms with Crippen LogP contribution in [0.25, 0.3) is 0 Å². The van der Waals surface area contributed by atoms with Gasteiger partial charge in [0.1, 0.15) is 12.3 Å². The zero-order valence-electron chi connectivity index (χ0n) is 12.0. The van der Waals surface area contributed by atoms with Crippen LogP contribution in [0.2, 0.25) is 0 Å². The molecule has 0 aromatic rings. The molecule has 0 fully saturated rings. The maximum absolute atomic E-state index is 13.9. The van der Waals surface area contributed by atoms with Crippen LogP contribution in [0.1, 0.15) is 60.3 Å². The molecule has 3 unspecified atom stereocenters. The Bertz CT molecular complexity index is 229. The smallest absolute Gasteiger partial charge is 0.121 e. The van der Waals surface area contributed by atoms with Crippen LogP contribution >= 0.6 is 0 Å². The van der Waals surface area contributed by atoms with Gasteiger partial charge in [0, 0.05) is 5.92 Å². The number of halogens is 2. The molecule has 0 heterocycles. The van der Waals surface area contributed by atoms with Crippen LogP contribution in [0, 0.1) is 11.3 Å². The molecule has 3 atom stereocenters. The molecule has 0 aliphatic rings. The third kappa shape index (κ3) is 5.18. The van der Waals surface area contributed by atoms with Gasteiger partial charge in [-0.05, 0) is 30.8 Å². The normalized spacial score (nSPS) is 17.6. The molecular weight excluding hydrogens is 218 g/mol. The van der Waals surface area contributed by atoms with E-state index in [-0.39, 0.29) is 11.3 Å². The molecule has 0 N–H and O–H groups in total. The van der Waals surface area contributed by atoms with Gasteiger partial charge in [0.15, 0.2) is 0 Å². The highest BCUT2D eigenvalue weighted by molar-refractivity contribution is 5.07. The van der Waals surface area contributed by atoms with E-state index in [1.165, 1.54) is 6.92 Å². The van der Waals surface area contributed by atoms with Crippen LogP contribution in [0.5, 0.6) is 0 Å². The van der Waals surface area contributed by atoms with Crippen molar-refractivity contribution in [2.75, 3.05) is 0 Å². The van der Waals surface area contributed by atoms with Gasteiger partial charge in [-0.25, -0.2) is 8.78 Å². The second-order valence-corrected chi connectivity index (χ2v) is 5.57. The van der Waals surface area contributed by atoms with E-state index in [0.717, 1.165) is 19.3 Å². The van der Waals surface area contributed by atoms with Crippen molar-refractivity contribution in [2.45, 2.75) is 72.6 Å². The van der Waals surface area contributed by atoms with Crippen molar-refractivity contribution < 1.29 is 8.78 Å². The van der Waals surface area contributed by atoms with Crippen LogP contribution in [0.3, 0.4) is 0 Å². The average molecular weight is 246 g/mol. The predicted octanol–water partition coefficient (Wildman–Crippen LogP) is 5.48. The lowest BCUT2D eigenvalue weighted by atomic mass is 9.78. The quantitative estimate of drug-likeness (QED) is 0.497. The van der Waals surface area contributed by atoms with Crippen LogP contribution < -0.4 is 0 Å². The Morgan fingerprint density at radius 3 is 2.00 bits per heavy atom. The summed E-state index contributed by atoms with van der Waals surface area (Å²) >= 11 is 0. The van der Waals surface area contributed by atoms with Crippen molar-refractivity contribution in [1.29, 1.82) is 0 Å². The van der Waals surface area contributed by atoms with Crippen LogP contribution in [0.4, 0.5) is 8.78 Å². The van der Waals surface area contributed by atoms with Crippen LogP contribution in [-0.4, -0.2) is 12.3 Å². The summed E-state index contributed by atoms with van der Waals surface area (Å²) in [4.78, 5) is 0. The topological polar surface area (TPSA) is 0 Å². The maximum atomic E-state index is 13.9. The van der Waals surface area contributed by atoms with E-state index < -0.39 is 12.3 Å². The molecule has 17 heavy (non-hydrogen) atoms. The van der Waals surface area contributed by atoms with Crippen molar-refractivity contribution in [3.05, 3.63) is 12.2 Å². The first-order valence-electron chi connectivity index (χ1n) is 6.74. The molecule has 0 saturated heterocycles. The summed E-state index contributed by atoms with van der Waals surface area (Å²) in [5, 5.41) is 0. The van der Waals surface area contributed by atoms with E-state index in [1.807, 2.05) is 0 Å². The number of rotatable bonds is 8.